The van der Waals surface area contributed by atoms with E-state index in [9.17, 15) is 19.2 Å². The van der Waals surface area contributed by atoms with Gasteiger partial charge in [0.1, 0.15) is 6.04 Å². The fourth-order valence-corrected chi connectivity index (χ4v) is 5.53. The van der Waals surface area contributed by atoms with E-state index in [1.54, 1.807) is 16.5 Å². The molecule has 1 N–H and O–H groups in total. The molecular formula is C27H38N4O5. The third kappa shape index (κ3) is 5.65. The summed E-state index contributed by atoms with van der Waals surface area (Å²) in [5.74, 6) is 0.671. The Morgan fingerprint density at radius 1 is 1.08 bits per heavy atom. The molecular weight excluding hydrogens is 460 g/mol. The highest BCUT2D eigenvalue weighted by Gasteiger charge is 2.31. The maximum atomic E-state index is 13.0. The Bertz CT molecular complexity index is 1190. The number of aromatic nitrogens is 2. The Kier molecular flexibility index (Phi) is 7.85. The Balaban J connectivity index is 1.37. The van der Waals surface area contributed by atoms with Crippen molar-refractivity contribution in [1.82, 2.24) is 19.4 Å². The molecule has 1 unspecified atom stereocenters. The van der Waals surface area contributed by atoms with Crippen molar-refractivity contribution in [3.63, 3.8) is 0 Å². The number of fused-ring (bicyclic) bond motifs is 1. The summed E-state index contributed by atoms with van der Waals surface area (Å²) in [5, 5.41) is 2.35. The fourth-order valence-electron chi connectivity index (χ4n) is 5.53. The summed E-state index contributed by atoms with van der Waals surface area (Å²) in [7, 11) is 3.54. The second kappa shape index (κ2) is 10.9. The number of aryl methyl sites for hydroxylation is 1. The molecule has 2 aliphatic rings. The van der Waals surface area contributed by atoms with Gasteiger partial charge in [0.15, 0.2) is 0 Å². The number of imide groups is 1. The normalized spacial score (nSPS) is 22.6. The third-order valence-corrected chi connectivity index (χ3v) is 7.55. The maximum absolute atomic E-state index is 13.0. The van der Waals surface area contributed by atoms with Gasteiger partial charge in [0.25, 0.3) is 0 Å². The zero-order valence-electron chi connectivity index (χ0n) is 21.8. The van der Waals surface area contributed by atoms with Gasteiger partial charge >= 0.3 is 11.8 Å². The van der Waals surface area contributed by atoms with Crippen LogP contribution in [0.25, 0.3) is 11.0 Å². The molecule has 1 saturated carbocycles. The highest BCUT2D eigenvalue weighted by Crippen LogP contribution is 2.32. The molecule has 196 valence electrons. The number of nitrogens with zero attached hydrogens (tertiary/aromatic N) is 3. The van der Waals surface area contributed by atoms with Crippen molar-refractivity contribution < 1.29 is 19.1 Å². The molecule has 0 spiro atoms. The van der Waals surface area contributed by atoms with Crippen molar-refractivity contribution in [1.29, 1.82) is 0 Å². The lowest BCUT2D eigenvalue weighted by molar-refractivity contribution is -0.135. The molecule has 1 aromatic heterocycles. The number of benzene rings is 1. The van der Waals surface area contributed by atoms with Crippen LogP contribution >= 0.6 is 0 Å². The summed E-state index contributed by atoms with van der Waals surface area (Å²) in [6.45, 7) is 5.23. The van der Waals surface area contributed by atoms with E-state index < -0.39 is 11.9 Å². The molecule has 3 amide bonds. The summed E-state index contributed by atoms with van der Waals surface area (Å²) in [4.78, 5) is 50.8. The summed E-state index contributed by atoms with van der Waals surface area (Å²) in [5.41, 5.74) is 2.46. The van der Waals surface area contributed by atoms with Gasteiger partial charge in [-0.15, -0.1) is 0 Å². The van der Waals surface area contributed by atoms with Gasteiger partial charge in [-0.2, -0.15) is 0 Å². The number of carbonyl (C=O) groups is 3. The number of hydrogen-bond acceptors (Lipinski definition) is 5. The van der Waals surface area contributed by atoms with Crippen LogP contribution in [0.3, 0.4) is 0 Å². The quantitative estimate of drug-likeness (QED) is 0.590. The first-order valence-corrected chi connectivity index (χ1v) is 13.1. The molecule has 2 aromatic rings. The minimum atomic E-state index is -0.666. The SMILES string of the molecule is CC(C)COC(=O)N(C)CC1CCC(Cc2ccc3c(c2)n(C)c(=O)n3C2CCC(=O)NC2=O)CC1. The van der Waals surface area contributed by atoms with Crippen LogP contribution in [0.2, 0.25) is 0 Å². The number of amides is 3. The van der Waals surface area contributed by atoms with E-state index >= 15 is 0 Å². The van der Waals surface area contributed by atoms with Crippen LogP contribution < -0.4 is 11.0 Å². The van der Waals surface area contributed by atoms with E-state index in [1.165, 1.54) is 10.1 Å². The molecule has 9 nitrogen and oxygen atoms in total. The molecule has 2 fully saturated rings. The standard InChI is InChI=1S/C27H38N4O5/c1-17(2)16-36-27(35)29(3)15-19-7-5-18(6-8-19)13-20-9-10-21-23(14-20)30(4)26(34)31(21)22-11-12-24(32)28-25(22)33/h9-10,14,17-19,22H,5-8,11-13,15-16H2,1-4H3,(H,28,32,33). The minimum Gasteiger partial charge on any atom is -0.449 e. The predicted molar refractivity (Wildman–Crippen MR) is 137 cm³/mol. The van der Waals surface area contributed by atoms with E-state index in [2.05, 4.69) is 17.4 Å². The highest BCUT2D eigenvalue weighted by atomic mass is 16.6. The molecule has 1 aliphatic carbocycles. The first kappa shape index (κ1) is 26.0. The molecule has 36 heavy (non-hydrogen) atoms. The van der Waals surface area contributed by atoms with Gasteiger partial charge in [-0.25, -0.2) is 9.59 Å². The molecule has 1 saturated heterocycles. The Morgan fingerprint density at radius 2 is 1.78 bits per heavy atom. The van der Waals surface area contributed by atoms with Crippen LogP contribution in [0.5, 0.6) is 0 Å². The van der Waals surface area contributed by atoms with Crippen molar-refractivity contribution in [3.05, 3.63) is 34.2 Å². The number of piperidine rings is 1. The number of imidazole rings is 1. The smallest absolute Gasteiger partial charge is 0.409 e. The zero-order valence-corrected chi connectivity index (χ0v) is 21.8. The average Bonchev–Trinajstić information content (AvgIpc) is 3.08. The Labute approximate surface area is 211 Å². The van der Waals surface area contributed by atoms with Crippen molar-refractivity contribution in [3.8, 4) is 0 Å². The van der Waals surface area contributed by atoms with Crippen LogP contribution in [0.15, 0.2) is 23.0 Å². The molecule has 9 heteroatoms. The minimum absolute atomic E-state index is 0.231. The van der Waals surface area contributed by atoms with E-state index in [0.717, 1.165) is 49.7 Å². The largest absolute Gasteiger partial charge is 0.449 e. The van der Waals surface area contributed by atoms with Gasteiger partial charge in [-0.05, 0) is 74.0 Å². The lowest BCUT2D eigenvalue weighted by Crippen LogP contribution is -2.44. The van der Waals surface area contributed by atoms with E-state index in [1.807, 2.05) is 27.0 Å². The lowest BCUT2D eigenvalue weighted by atomic mass is 9.79. The van der Waals surface area contributed by atoms with Gasteiger partial charge in [0, 0.05) is 27.1 Å². The number of hydrogen-bond donors (Lipinski definition) is 1. The van der Waals surface area contributed by atoms with Gasteiger partial charge in [0.05, 0.1) is 17.6 Å². The topological polar surface area (TPSA) is 103 Å². The number of carbonyl (C=O) groups excluding carboxylic acids is 3. The van der Waals surface area contributed by atoms with Crippen molar-refractivity contribution in [2.24, 2.45) is 24.8 Å². The molecule has 0 bridgehead atoms. The van der Waals surface area contributed by atoms with Crippen LogP contribution in [0, 0.1) is 17.8 Å². The number of rotatable bonds is 7. The zero-order chi connectivity index (χ0) is 26.0. The second-order valence-corrected chi connectivity index (χ2v) is 10.9. The molecule has 1 atom stereocenters. The number of ether oxygens (including phenoxy) is 1. The maximum Gasteiger partial charge on any atom is 0.409 e. The Hall–Kier alpha value is -3.10. The van der Waals surface area contributed by atoms with E-state index in [0.29, 0.717) is 30.8 Å². The molecule has 4 rings (SSSR count). The molecule has 2 heterocycles. The van der Waals surface area contributed by atoms with Crippen molar-refractivity contribution in [2.45, 2.75) is 64.8 Å². The predicted octanol–water partition coefficient (Wildman–Crippen LogP) is 3.39. The summed E-state index contributed by atoms with van der Waals surface area (Å²) < 4.78 is 8.45. The lowest BCUT2D eigenvalue weighted by Gasteiger charge is -2.31. The van der Waals surface area contributed by atoms with Crippen LogP contribution in [0.1, 0.15) is 64.0 Å². The summed E-state index contributed by atoms with van der Waals surface area (Å²) >= 11 is 0. The van der Waals surface area contributed by atoms with Gasteiger partial charge in [-0.3, -0.25) is 24.0 Å². The molecule has 0 radical (unpaired) electrons. The first-order chi connectivity index (χ1) is 17.1. The second-order valence-electron chi connectivity index (χ2n) is 10.9. The van der Waals surface area contributed by atoms with E-state index in [4.69, 9.17) is 4.74 Å². The van der Waals surface area contributed by atoms with Crippen LogP contribution in [-0.4, -0.2) is 52.1 Å². The monoisotopic (exact) mass is 498 g/mol. The fraction of sp³-hybridized carbons (Fsp3) is 0.630. The van der Waals surface area contributed by atoms with Crippen LogP contribution in [0.4, 0.5) is 4.79 Å². The summed E-state index contributed by atoms with van der Waals surface area (Å²) in [6.07, 6.45) is 5.63. The highest BCUT2D eigenvalue weighted by molar-refractivity contribution is 6.00. The number of nitrogens with one attached hydrogen (secondary N) is 1. The van der Waals surface area contributed by atoms with Gasteiger partial charge in [0.2, 0.25) is 11.8 Å². The van der Waals surface area contributed by atoms with Gasteiger partial charge < -0.3 is 9.64 Å². The third-order valence-electron chi connectivity index (χ3n) is 7.55. The van der Waals surface area contributed by atoms with Crippen molar-refractivity contribution in [2.75, 3.05) is 20.2 Å². The molecule has 1 aromatic carbocycles. The average molecular weight is 499 g/mol. The van der Waals surface area contributed by atoms with Crippen molar-refractivity contribution >= 4 is 28.9 Å². The van der Waals surface area contributed by atoms with Gasteiger partial charge in [-0.1, -0.05) is 19.9 Å². The van der Waals surface area contributed by atoms with Crippen LogP contribution in [-0.2, 0) is 27.8 Å². The summed E-state index contributed by atoms with van der Waals surface area (Å²) in [6, 6.07) is 5.37. The Morgan fingerprint density at radius 3 is 2.44 bits per heavy atom. The van der Waals surface area contributed by atoms with E-state index in [-0.39, 0.29) is 24.1 Å². The first-order valence-electron chi connectivity index (χ1n) is 13.1. The molecule has 1 aliphatic heterocycles.